The Labute approximate surface area is 136 Å². The lowest BCUT2D eigenvalue weighted by molar-refractivity contribution is 0.0709. The SMILES string of the molecule is Cl.N[C@H]1CCCN(C(=O)c2cc(I)c(F)cc2Cl)C1. The molecule has 1 aromatic rings. The molecular weight excluding hydrogens is 405 g/mol. The lowest BCUT2D eigenvalue weighted by atomic mass is 10.1. The lowest BCUT2D eigenvalue weighted by Crippen LogP contribution is -2.45. The maximum atomic E-state index is 13.3. The van der Waals surface area contributed by atoms with Crippen LogP contribution in [-0.4, -0.2) is 29.9 Å². The number of benzene rings is 1. The van der Waals surface area contributed by atoms with Crippen LogP contribution in [0, 0.1) is 9.39 Å². The molecule has 0 unspecified atom stereocenters. The van der Waals surface area contributed by atoms with Crippen LogP contribution in [0.1, 0.15) is 23.2 Å². The van der Waals surface area contributed by atoms with Crippen LogP contribution in [0.5, 0.6) is 0 Å². The Kier molecular flexibility index (Phi) is 6.29. The van der Waals surface area contributed by atoms with Gasteiger partial charge in [-0.25, -0.2) is 4.39 Å². The Bertz CT molecular complexity index is 487. The van der Waals surface area contributed by atoms with Crippen molar-refractivity contribution in [3.05, 3.63) is 32.1 Å². The Morgan fingerprint density at radius 2 is 2.21 bits per heavy atom. The second kappa shape index (κ2) is 7.06. The van der Waals surface area contributed by atoms with Crippen molar-refractivity contribution in [1.82, 2.24) is 4.90 Å². The van der Waals surface area contributed by atoms with Gasteiger partial charge in [0, 0.05) is 22.7 Å². The molecule has 1 saturated heterocycles. The fraction of sp³-hybridized carbons (Fsp3) is 0.417. The third-order valence-corrected chi connectivity index (χ3v) is 4.12. The molecule has 1 aliphatic rings. The van der Waals surface area contributed by atoms with Gasteiger partial charge in [-0.3, -0.25) is 4.79 Å². The van der Waals surface area contributed by atoms with Crippen LogP contribution in [0.25, 0.3) is 0 Å². The van der Waals surface area contributed by atoms with Crippen LogP contribution in [0.4, 0.5) is 4.39 Å². The molecule has 1 amide bonds. The zero-order chi connectivity index (χ0) is 13.3. The second-order valence-corrected chi connectivity index (χ2v) is 5.97. The fourth-order valence-corrected chi connectivity index (χ4v) is 2.75. The van der Waals surface area contributed by atoms with Crippen LogP contribution in [0.2, 0.25) is 5.02 Å². The van der Waals surface area contributed by atoms with E-state index in [2.05, 4.69) is 0 Å². The molecule has 0 radical (unpaired) electrons. The Balaban J connectivity index is 0.00000180. The molecule has 0 aliphatic carbocycles. The number of likely N-dealkylation sites (tertiary alicyclic amines) is 1. The maximum absolute atomic E-state index is 13.3. The van der Waals surface area contributed by atoms with E-state index >= 15 is 0 Å². The summed E-state index contributed by atoms with van der Waals surface area (Å²) in [6.45, 7) is 1.21. The zero-order valence-electron chi connectivity index (χ0n) is 10.0. The largest absolute Gasteiger partial charge is 0.337 e. The third-order valence-electron chi connectivity index (χ3n) is 2.99. The number of carbonyl (C=O) groups excluding carboxylic acids is 1. The standard InChI is InChI=1S/C12H13ClFIN2O.ClH/c13-9-5-10(14)11(15)4-8(9)12(18)17-3-1-2-7(16)6-17;/h4-5,7H,1-3,6,16H2;1H/t7-;/m0./s1. The van der Waals surface area contributed by atoms with Gasteiger partial charge in [-0.1, -0.05) is 11.6 Å². The average Bonchev–Trinajstić information content (AvgIpc) is 2.33. The highest BCUT2D eigenvalue weighted by atomic mass is 127. The lowest BCUT2D eigenvalue weighted by Gasteiger charge is -2.31. The third kappa shape index (κ3) is 3.93. The van der Waals surface area contributed by atoms with Gasteiger partial charge in [0.15, 0.2) is 0 Å². The molecule has 0 saturated carbocycles. The molecule has 1 heterocycles. The Hall–Kier alpha value is -0.110. The molecule has 106 valence electrons. The first-order valence-electron chi connectivity index (χ1n) is 5.68. The van der Waals surface area contributed by atoms with E-state index in [9.17, 15) is 9.18 Å². The summed E-state index contributed by atoms with van der Waals surface area (Å²) >= 11 is 7.78. The van der Waals surface area contributed by atoms with Crippen LogP contribution in [0.3, 0.4) is 0 Å². The normalized spacial score (nSPS) is 18.9. The number of hydrogen-bond donors (Lipinski definition) is 1. The van der Waals surface area contributed by atoms with Gasteiger partial charge in [0.25, 0.3) is 5.91 Å². The minimum atomic E-state index is -0.410. The van der Waals surface area contributed by atoms with Gasteiger partial charge in [0.1, 0.15) is 5.82 Å². The highest BCUT2D eigenvalue weighted by Crippen LogP contribution is 2.24. The van der Waals surface area contributed by atoms with Crippen molar-refractivity contribution < 1.29 is 9.18 Å². The first kappa shape index (κ1) is 16.9. The van der Waals surface area contributed by atoms with Gasteiger partial charge < -0.3 is 10.6 Å². The minimum Gasteiger partial charge on any atom is -0.337 e. The first-order valence-corrected chi connectivity index (χ1v) is 7.14. The van der Waals surface area contributed by atoms with Gasteiger partial charge in [0.05, 0.1) is 10.6 Å². The van der Waals surface area contributed by atoms with Crippen molar-refractivity contribution in [2.75, 3.05) is 13.1 Å². The summed E-state index contributed by atoms with van der Waals surface area (Å²) in [6.07, 6.45) is 1.82. The minimum absolute atomic E-state index is 0. The van der Waals surface area contributed by atoms with E-state index < -0.39 is 5.82 Å². The number of amides is 1. The van der Waals surface area contributed by atoms with Crippen molar-refractivity contribution in [1.29, 1.82) is 0 Å². The first-order chi connectivity index (χ1) is 8.49. The van der Waals surface area contributed by atoms with Crippen LogP contribution >= 0.6 is 46.6 Å². The zero-order valence-corrected chi connectivity index (χ0v) is 13.8. The highest BCUT2D eigenvalue weighted by Gasteiger charge is 2.24. The maximum Gasteiger partial charge on any atom is 0.255 e. The summed E-state index contributed by atoms with van der Waals surface area (Å²) in [6, 6.07) is 2.68. The summed E-state index contributed by atoms with van der Waals surface area (Å²) in [5, 5.41) is 0.150. The van der Waals surface area contributed by atoms with Gasteiger partial charge in [0.2, 0.25) is 0 Å². The summed E-state index contributed by atoms with van der Waals surface area (Å²) in [5.74, 6) is -0.583. The number of rotatable bonds is 1. The molecule has 0 spiro atoms. The van der Waals surface area contributed by atoms with Crippen LogP contribution in [0.15, 0.2) is 12.1 Å². The van der Waals surface area contributed by atoms with Gasteiger partial charge in [-0.05, 0) is 47.6 Å². The van der Waals surface area contributed by atoms with E-state index in [0.29, 0.717) is 22.2 Å². The molecule has 0 bridgehead atoms. The smallest absolute Gasteiger partial charge is 0.255 e. The van der Waals surface area contributed by atoms with Gasteiger partial charge >= 0.3 is 0 Å². The van der Waals surface area contributed by atoms with E-state index in [-0.39, 0.29) is 29.4 Å². The number of piperidine rings is 1. The van der Waals surface area contributed by atoms with E-state index in [0.717, 1.165) is 12.8 Å². The number of nitrogens with two attached hydrogens (primary N) is 1. The van der Waals surface area contributed by atoms with E-state index in [1.165, 1.54) is 12.1 Å². The fourth-order valence-electron chi connectivity index (χ4n) is 2.05. The predicted molar refractivity (Wildman–Crippen MR) is 84.5 cm³/mol. The van der Waals surface area contributed by atoms with Crippen LogP contribution in [-0.2, 0) is 0 Å². The number of halogens is 4. The molecule has 1 aliphatic heterocycles. The van der Waals surface area contributed by atoms with E-state index in [4.69, 9.17) is 17.3 Å². The van der Waals surface area contributed by atoms with Crippen LogP contribution < -0.4 is 5.73 Å². The number of carbonyl (C=O) groups is 1. The molecule has 0 aromatic heterocycles. The number of hydrogen-bond acceptors (Lipinski definition) is 2. The molecule has 2 rings (SSSR count). The summed E-state index contributed by atoms with van der Waals surface area (Å²) < 4.78 is 13.7. The van der Waals surface area contributed by atoms with Gasteiger partial charge in [-0.2, -0.15) is 0 Å². The van der Waals surface area contributed by atoms with Crippen molar-refractivity contribution in [2.24, 2.45) is 5.73 Å². The molecule has 1 atom stereocenters. The summed E-state index contributed by atoms with van der Waals surface area (Å²) in [5.41, 5.74) is 6.19. The molecule has 19 heavy (non-hydrogen) atoms. The Morgan fingerprint density at radius 1 is 1.53 bits per heavy atom. The average molecular weight is 419 g/mol. The van der Waals surface area contributed by atoms with E-state index in [1.54, 1.807) is 4.90 Å². The molecule has 1 fully saturated rings. The summed E-state index contributed by atoms with van der Waals surface area (Å²) in [7, 11) is 0. The monoisotopic (exact) mass is 418 g/mol. The molecule has 2 N–H and O–H groups in total. The Morgan fingerprint density at radius 3 is 2.84 bits per heavy atom. The highest BCUT2D eigenvalue weighted by molar-refractivity contribution is 14.1. The van der Waals surface area contributed by atoms with Crippen molar-refractivity contribution in [2.45, 2.75) is 18.9 Å². The number of nitrogens with zero attached hydrogens (tertiary/aromatic N) is 1. The summed E-state index contributed by atoms with van der Waals surface area (Å²) in [4.78, 5) is 14.0. The second-order valence-electron chi connectivity index (χ2n) is 4.40. The van der Waals surface area contributed by atoms with Crippen molar-refractivity contribution in [3.8, 4) is 0 Å². The van der Waals surface area contributed by atoms with Gasteiger partial charge in [-0.15, -0.1) is 12.4 Å². The molecule has 3 nitrogen and oxygen atoms in total. The topological polar surface area (TPSA) is 46.3 Å². The molecular formula is C12H14Cl2FIN2O. The molecule has 7 heteroatoms. The predicted octanol–water partition coefficient (Wildman–Crippen LogP) is 3.07. The quantitative estimate of drug-likeness (QED) is 0.562. The van der Waals surface area contributed by atoms with E-state index in [1.807, 2.05) is 22.6 Å². The van der Waals surface area contributed by atoms with Crippen molar-refractivity contribution in [3.63, 3.8) is 0 Å². The molecule has 1 aromatic carbocycles. The van der Waals surface area contributed by atoms with Crippen molar-refractivity contribution >= 4 is 52.5 Å².